The summed E-state index contributed by atoms with van der Waals surface area (Å²) >= 11 is 0. The average molecular weight is 475 g/mol. The molecule has 0 spiro atoms. The predicted molar refractivity (Wildman–Crippen MR) is 129 cm³/mol. The number of carbonyl (C=O) groups is 3. The first-order valence-electron chi connectivity index (χ1n) is 12.6. The van der Waals surface area contributed by atoms with Crippen molar-refractivity contribution < 1.29 is 24.2 Å². The van der Waals surface area contributed by atoms with E-state index in [0.29, 0.717) is 19.5 Å². The first-order chi connectivity index (χ1) is 17.0. The van der Waals surface area contributed by atoms with Crippen LogP contribution in [0.15, 0.2) is 48.5 Å². The van der Waals surface area contributed by atoms with Gasteiger partial charge in [-0.15, -0.1) is 0 Å². The molecule has 2 saturated carbocycles. The zero-order valence-corrected chi connectivity index (χ0v) is 19.6. The summed E-state index contributed by atoms with van der Waals surface area (Å²) in [5, 5.41) is 12.2. The fourth-order valence-electron chi connectivity index (χ4n) is 6.71. The normalized spacial score (nSPS) is 28.2. The van der Waals surface area contributed by atoms with Crippen LogP contribution in [0.25, 0.3) is 11.1 Å². The standard InChI is InChI=1S/C28H30N2O5/c31-25(30-13-21-22(14-30)26(21)27(32)33)12-16-6-5-11-24(16)29-28(34)35-15-23-19-9-3-1-7-17(19)18-8-2-4-10-20(18)23/h1-4,7-10,16,21-24,26H,5-6,11-15H2,(H,29,34)(H,32,33). The highest BCUT2D eigenvalue weighted by atomic mass is 16.5. The topological polar surface area (TPSA) is 95.9 Å². The highest BCUT2D eigenvalue weighted by Gasteiger charge is 2.60. The van der Waals surface area contributed by atoms with Gasteiger partial charge in [-0.2, -0.15) is 0 Å². The van der Waals surface area contributed by atoms with Gasteiger partial charge in [0.05, 0.1) is 5.92 Å². The molecule has 4 aliphatic rings. The van der Waals surface area contributed by atoms with E-state index in [4.69, 9.17) is 4.74 Å². The van der Waals surface area contributed by atoms with Crippen LogP contribution in [0.4, 0.5) is 4.79 Å². The minimum Gasteiger partial charge on any atom is -0.481 e. The lowest BCUT2D eigenvalue weighted by Gasteiger charge is -2.25. The first kappa shape index (κ1) is 22.1. The summed E-state index contributed by atoms with van der Waals surface area (Å²) in [6.45, 7) is 1.38. The van der Waals surface area contributed by atoms with E-state index in [1.807, 2.05) is 29.2 Å². The number of carboxylic acids is 1. The van der Waals surface area contributed by atoms with E-state index in [-0.39, 0.29) is 48.1 Å². The van der Waals surface area contributed by atoms with Crippen molar-refractivity contribution in [2.75, 3.05) is 19.7 Å². The van der Waals surface area contributed by atoms with E-state index >= 15 is 0 Å². The third-order valence-corrected chi connectivity index (χ3v) is 8.57. The van der Waals surface area contributed by atoms with Crippen LogP contribution in [0.5, 0.6) is 0 Å². The Kier molecular flexibility index (Phi) is 5.50. The Bertz CT molecular complexity index is 1120. The summed E-state index contributed by atoms with van der Waals surface area (Å²) in [6, 6.07) is 16.4. The maximum Gasteiger partial charge on any atom is 0.407 e. The number of alkyl carbamates (subject to hydrolysis) is 1. The van der Waals surface area contributed by atoms with Crippen molar-refractivity contribution in [1.29, 1.82) is 0 Å². The van der Waals surface area contributed by atoms with Gasteiger partial charge in [0, 0.05) is 31.5 Å². The number of benzene rings is 2. The minimum atomic E-state index is -0.741. The summed E-state index contributed by atoms with van der Waals surface area (Å²) in [7, 11) is 0. The van der Waals surface area contributed by atoms with E-state index in [0.717, 1.165) is 19.3 Å². The number of nitrogens with one attached hydrogen (secondary N) is 1. The molecule has 0 bridgehead atoms. The number of piperidine rings is 1. The molecule has 7 nitrogen and oxygen atoms in total. The lowest BCUT2D eigenvalue weighted by molar-refractivity contribution is -0.141. The number of aliphatic carboxylic acids is 1. The fourth-order valence-corrected chi connectivity index (χ4v) is 6.71. The molecule has 6 rings (SSSR count). The average Bonchev–Trinajstić information content (AvgIpc) is 3.17. The number of nitrogens with zero attached hydrogens (tertiary/aromatic N) is 1. The van der Waals surface area contributed by atoms with Crippen molar-refractivity contribution in [2.24, 2.45) is 23.7 Å². The molecule has 1 heterocycles. The molecule has 2 aromatic carbocycles. The fraction of sp³-hybridized carbons (Fsp3) is 0.464. The quantitative estimate of drug-likeness (QED) is 0.663. The van der Waals surface area contributed by atoms with Crippen LogP contribution in [0, 0.1) is 23.7 Å². The van der Waals surface area contributed by atoms with Crippen molar-refractivity contribution >= 4 is 18.0 Å². The molecule has 3 fully saturated rings. The summed E-state index contributed by atoms with van der Waals surface area (Å²) in [4.78, 5) is 38.6. The summed E-state index contributed by atoms with van der Waals surface area (Å²) in [6.07, 6.45) is 2.68. The van der Waals surface area contributed by atoms with Crippen molar-refractivity contribution in [1.82, 2.24) is 10.2 Å². The van der Waals surface area contributed by atoms with Gasteiger partial charge in [-0.25, -0.2) is 4.79 Å². The van der Waals surface area contributed by atoms with Gasteiger partial charge in [-0.1, -0.05) is 55.0 Å². The second-order valence-electron chi connectivity index (χ2n) is 10.5. The van der Waals surface area contributed by atoms with Gasteiger partial charge in [0.15, 0.2) is 0 Å². The molecule has 1 saturated heterocycles. The van der Waals surface area contributed by atoms with Gasteiger partial charge in [-0.05, 0) is 52.8 Å². The number of carbonyl (C=O) groups excluding carboxylic acids is 2. The number of likely N-dealkylation sites (tertiary alicyclic amines) is 1. The molecular weight excluding hydrogens is 444 g/mol. The highest BCUT2D eigenvalue weighted by molar-refractivity contribution is 5.80. The highest BCUT2D eigenvalue weighted by Crippen LogP contribution is 2.52. The largest absolute Gasteiger partial charge is 0.481 e. The lowest BCUT2D eigenvalue weighted by Crippen LogP contribution is -2.41. The minimum absolute atomic E-state index is 0.0188. The molecule has 7 heteroatoms. The SMILES string of the molecule is O=C(NC1CCCC1CC(=O)N1CC2C(C1)C2C(=O)O)OCC1c2ccccc2-c2ccccc21. The summed E-state index contributed by atoms with van der Waals surface area (Å²) in [5.74, 6) is -0.582. The second-order valence-corrected chi connectivity index (χ2v) is 10.5. The van der Waals surface area contributed by atoms with Crippen molar-refractivity contribution in [3.05, 3.63) is 59.7 Å². The molecule has 2 aromatic rings. The van der Waals surface area contributed by atoms with Crippen molar-refractivity contribution in [3.8, 4) is 11.1 Å². The van der Waals surface area contributed by atoms with Gasteiger partial charge in [0.25, 0.3) is 0 Å². The molecule has 35 heavy (non-hydrogen) atoms. The third-order valence-electron chi connectivity index (χ3n) is 8.57. The van der Waals surface area contributed by atoms with E-state index in [9.17, 15) is 19.5 Å². The summed E-state index contributed by atoms with van der Waals surface area (Å²) < 4.78 is 5.71. The number of hydrogen-bond donors (Lipinski definition) is 2. The van der Waals surface area contributed by atoms with Gasteiger partial charge >= 0.3 is 12.1 Å². The molecule has 2 amide bonds. The zero-order chi connectivity index (χ0) is 24.1. The molecule has 2 N–H and O–H groups in total. The molecule has 4 atom stereocenters. The first-order valence-corrected chi connectivity index (χ1v) is 12.6. The Morgan fingerprint density at radius 3 is 2.20 bits per heavy atom. The Balaban J connectivity index is 1.03. The number of fused-ring (bicyclic) bond motifs is 4. The Hall–Kier alpha value is -3.35. The van der Waals surface area contributed by atoms with Crippen molar-refractivity contribution in [3.63, 3.8) is 0 Å². The van der Waals surface area contributed by atoms with Crippen molar-refractivity contribution in [2.45, 2.75) is 37.6 Å². The van der Waals surface area contributed by atoms with E-state index in [1.54, 1.807) is 0 Å². The van der Waals surface area contributed by atoms with Gasteiger partial charge in [-0.3, -0.25) is 9.59 Å². The van der Waals surface area contributed by atoms with Crippen LogP contribution in [0.3, 0.4) is 0 Å². The second kappa shape index (κ2) is 8.70. The molecular formula is C28H30N2O5. The monoisotopic (exact) mass is 474 g/mol. The van der Waals surface area contributed by atoms with E-state index in [2.05, 4.69) is 29.6 Å². The number of hydrogen-bond acceptors (Lipinski definition) is 4. The van der Waals surface area contributed by atoms with Crippen LogP contribution < -0.4 is 5.32 Å². The third kappa shape index (κ3) is 3.97. The predicted octanol–water partition coefficient (Wildman–Crippen LogP) is 3.87. The number of carboxylic acid groups (broad SMARTS) is 1. The van der Waals surface area contributed by atoms with Crippen LogP contribution >= 0.6 is 0 Å². The van der Waals surface area contributed by atoms with Gasteiger partial charge in [0.1, 0.15) is 6.61 Å². The smallest absolute Gasteiger partial charge is 0.407 e. The number of ether oxygens (including phenoxy) is 1. The van der Waals surface area contributed by atoms with Crippen LogP contribution in [0.1, 0.15) is 42.7 Å². The number of rotatable bonds is 6. The van der Waals surface area contributed by atoms with Crippen LogP contribution in [-0.2, 0) is 14.3 Å². The molecule has 1 aliphatic heterocycles. The molecule has 0 radical (unpaired) electrons. The van der Waals surface area contributed by atoms with Crippen LogP contribution in [-0.4, -0.2) is 53.7 Å². The van der Waals surface area contributed by atoms with Gasteiger partial charge < -0.3 is 20.1 Å². The zero-order valence-electron chi connectivity index (χ0n) is 19.6. The Morgan fingerprint density at radius 2 is 1.57 bits per heavy atom. The number of amides is 2. The van der Waals surface area contributed by atoms with E-state index < -0.39 is 12.1 Å². The molecule has 3 aliphatic carbocycles. The molecule has 4 unspecified atom stereocenters. The lowest BCUT2D eigenvalue weighted by atomic mass is 9.98. The molecule has 182 valence electrons. The maximum absolute atomic E-state index is 12.8. The Morgan fingerprint density at radius 1 is 0.943 bits per heavy atom. The Labute approximate surface area is 204 Å². The maximum atomic E-state index is 12.8. The van der Waals surface area contributed by atoms with Crippen LogP contribution in [0.2, 0.25) is 0 Å². The molecule has 0 aromatic heterocycles. The summed E-state index contributed by atoms with van der Waals surface area (Å²) in [5.41, 5.74) is 4.75. The van der Waals surface area contributed by atoms with E-state index in [1.165, 1.54) is 22.3 Å². The van der Waals surface area contributed by atoms with Gasteiger partial charge in [0.2, 0.25) is 5.91 Å².